The van der Waals surface area contributed by atoms with Crippen LogP contribution in [0, 0.1) is 0 Å². The lowest BCUT2D eigenvalue weighted by Crippen LogP contribution is -1.71. The van der Waals surface area contributed by atoms with E-state index >= 15 is 0 Å². The van der Waals surface area contributed by atoms with Crippen LogP contribution in [-0.4, -0.2) is 17.8 Å². The van der Waals surface area contributed by atoms with Crippen molar-refractivity contribution in [2.75, 3.05) is 11.5 Å². The molecule has 1 nitrogen and oxygen atoms in total. The van der Waals surface area contributed by atoms with E-state index in [2.05, 4.69) is 6.92 Å². The Morgan fingerprint density at radius 3 is 3.00 bits per heavy atom. The summed E-state index contributed by atoms with van der Waals surface area (Å²) >= 11 is 1.78. The van der Waals surface area contributed by atoms with Crippen LogP contribution >= 0.6 is 11.8 Å². The molecule has 0 N–H and O–H groups in total. The number of carbonyl (C=O) groups excluding carboxylic acids is 1. The molecule has 0 amide bonds. The molecule has 0 aliphatic rings. The molecule has 0 fully saturated rings. The summed E-state index contributed by atoms with van der Waals surface area (Å²) < 4.78 is 0. The fraction of sp³-hybridized carbons (Fsp3) is 0.500. The summed E-state index contributed by atoms with van der Waals surface area (Å²) in [7, 11) is 0. The van der Waals surface area contributed by atoms with Crippen molar-refractivity contribution in [3.8, 4) is 0 Å². The average Bonchev–Trinajstić information content (AvgIpc) is 1.81. The molecule has 2 heteroatoms. The van der Waals surface area contributed by atoms with Crippen molar-refractivity contribution in [2.24, 2.45) is 0 Å². The largest absolute Gasteiger partial charge is 0.286 e. The van der Waals surface area contributed by atoms with E-state index in [0.717, 1.165) is 11.5 Å². The van der Waals surface area contributed by atoms with Gasteiger partial charge in [0, 0.05) is 5.75 Å². The van der Waals surface area contributed by atoms with Crippen molar-refractivity contribution in [1.82, 2.24) is 0 Å². The number of thioether (sulfide) groups is 1. The van der Waals surface area contributed by atoms with Crippen molar-refractivity contribution in [3.05, 3.63) is 12.2 Å². The van der Waals surface area contributed by atoms with Crippen LogP contribution in [0.3, 0.4) is 0 Å². The summed E-state index contributed by atoms with van der Waals surface area (Å²) in [5.41, 5.74) is 0. The molecule has 0 aromatic carbocycles. The Hall–Kier alpha value is -0.240. The lowest BCUT2D eigenvalue weighted by Gasteiger charge is -1.84. The molecule has 0 aromatic rings. The van der Waals surface area contributed by atoms with Crippen molar-refractivity contribution in [2.45, 2.75) is 6.92 Å². The second-order valence-electron chi connectivity index (χ2n) is 1.18. The minimum atomic E-state index is 0.922. The maximum absolute atomic E-state index is 9.55. The van der Waals surface area contributed by atoms with Crippen LogP contribution < -0.4 is 0 Å². The van der Waals surface area contributed by atoms with Crippen LogP contribution in [0.1, 0.15) is 6.92 Å². The lowest BCUT2D eigenvalue weighted by molar-refractivity contribution is 0.564. The third-order valence-corrected chi connectivity index (χ3v) is 1.44. The molecule has 0 rings (SSSR count). The predicted molar refractivity (Wildman–Crippen MR) is 37.8 cm³/mol. The van der Waals surface area contributed by atoms with Gasteiger partial charge in [-0.2, -0.15) is 11.8 Å². The fourth-order valence-electron chi connectivity index (χ4n) is 0.282. The van der Waals surface area contributed by atoms with Gasteiger partial charge in [0.05, 0.1) is 0 Å². The average molecular weight is 129 g/mol. The van der Waals surface area contributed by atoms with Crippen molar-refractivity contribution < 1.29 is 4.79 Å². The molecule has 45 valence electrons. The Morgan fingerprint density at radius 2 is 2.50 bits per heavy atom. The van der Waals surface area contributed by atoms with Crippen molar-refractivity contribution in [3.63, 3.8) is 0 Å². The van der Waals surface area contributed by atoms with Gasteiger partial charge in [-0.25, -0.2) is 0 Å². The van der Waals surface area contributed by atoms with E-state index in [0.29, 0.717) is 0 Å². The summed E-state index contributed by atoms with van der Waals surface area (Å²) in [6.45, 7) is 2.09. The van der Waals surface area contributed by atoms with E-state index in [1.807, 2.05) is 0 Å². The van der Waals surface area contributed by atoms with Gasteiger partial charge in [0.15, 0.2) is 0 Å². The molecule has 0 bridgehead atoms. The van der Waals surface area contributed by atoms with Crippen LogP contribution in [0.15, 0.2) is 12.2 Å². The van der Waals surface area contributed by atoms with E-state index in [9.17, 15) is 4.79 Å². The molecule has 0 spiro atoms. The second kappa shape index (κ2) is 6.76. The Labute approximate surface area is 54.2 Å². The predicted octanol–water partition coefficient (Wildman–Crippen LogP) is 1.41. The first kappa shape index (κ1) is 7.76. The van der Waals surface area contributed by atoms with Crippen LogP contribution in [-0.2, 0) is 4.79 Å². The van der Waals surface area contributed by atoms with Gasteiger partial charge in [-0.15, -0.1) is 0 Å². The Bertz CT molecular complexity index is 78.6. The molecule has 8 heavy (non-hydrogen) atoms. The topological polar surface area (TPSA) is 17.1 Å². The highest BCUT2D eigenvalue weighted by molar-refractivity contribution is 7.99. The number of hydrogen-bond acceptors (Lipinski definition) is 2. The minimum Gasteiger partial charge on any atom is -0.286 e. The van der Waals surface area contributed by atoms with Gasteiger partial charge >= 0.3 is 0 Å². The third kappa shape index (κ3) is 5.76. The first-order chi connectivity index (χ1) is 3.91. The molecule has 0 saturated carbocycles. The molecule has 1 radical (unpaired) electrons. The zero-order valence-corrected chi connectivity index (χ0v) is 5.70. The molecule has 0 atom stereocenters. The fourth-order valence-corrected chi connectivity index (χ4v) is 0.750. The second-order valence-corrected chi connectivity index (χ2v) is 2.50. The molecule has 0 unspecified atom stereocenters. The molecular weight excluding hydrogens is 120 g/mol. The van der Waals surface area contributed by atoms with Crippen LogP contribution in [0.4, 0.5) is 0 Å². The van der Waals surface area contributed by atoms with Crippen LogP contribution in [0.5, 0.6) is 0 Å². The number of allylic oxidation sites excluding steroid dienone is 1. The van der Waals surface area contributed by atoms with E-state index in [1.165, 1.54) is 6.08 Å². The highest BCUT2D eigenvalue weighted by Gasteiger charge is 1.74. The molecule has 0 saturated heterocycles. The molecular formula is C6H9OS. The van der Waals surface area contributed by atoms with Crippen molar-refractivity contribution in [1.29, 1.82) is 0 Å². The van der Waals surface area contributed by atoms with Crippen LogP contribution in [0.2, 0.25) is 0 Å². The first-order valence-electron chi connectivity index (χ1n) is 2.52. The summed E-state index contributed by atoms with van der Waals surface area (Å²) in [6.07, 6.45) is 4.89. The van der Waals surface area contributed by atoms with Crippen molar-refractivity contribution >= 4 is 18.0 Å². The highest BCUT2D eigenvalue weighted by Crippen LogP contribution is 1.96. The molecule has 0 aromatic heterocycles. The Morgan fingerprint density at radius 1 is 1.75 bits per heavy atom. The molecule has 0 heterocycles. The van der Waals surface area contributed by atoms with Gasteiger partial charge in [0.2, 0.25) is 6.29 Å². The van der Waals surface area contributed by atoms with Gasteiger partial charge < -0.3 is 0 Å². The van der Waals surface area contributed by atoms with Gasteiger partial charge in [-0.05, 0) is 11.8 Å². The summed E-state index contributed by atoms with van der Waals surface area (Å²) in [5.74, 6) is 2.02. The maximum Gasteiger partial charge on any atom is 0.225 e. The van der Waals surface area contributed by atoms with E-state index < -0.39 is 0 Å². The normalized spacial score (nSPS) is 10.1. The highest BCUT2D eigenvalue weighted by atomic mass is 32.2. The smallest absolute Gasteiger partial charge is 0.225 e. The zero-order chi connectivity index (χ0) is 6.24. The van der Waals surface area contributed by atoms with Gasteiger partial charge in [-0.3, -0.25) is 4.79 Å². The lowest BCUT2D eigenvalue weighted by atomic mass is 10.6. The minimum absolute atomic E-state index is 0.922. The van der Waals surface area contributed by atoms with Gasteiger partial charge in [0.25, 0.3) is 0 Å². The van der Waals surface area contributed by atoms with Crippen LogP contribution in [0.25, 0.3) is 0 Å². The summed E-state index contributed by atoms with van der Waals surface area (Å²) in [6, 6.07) is 0. The number of hydrogen-bond donors (Lipinski definition) is 0. The van der Waals surface area contributed by atoms with E-state index in [-0.39, 0.29) is 0 Å². The zero-order valence-electron chi connectivity index (χ0n) is 4.89. The first-order valence-corrected chi connectivity index (χ1v) is 3.67. The standard InChI is InChI=1S/C6H9OS/c1-2-8-6-4-3-5-7/h3-4H,2,6H2,1H3. The monoisotopic (exact) mass is 129 g/mol. The quantitative estimate of drug-likeness (QED) is 0.421. The van der Waals surface area contributed by atoms with Gasteiger partial charge in [0.1, 0.15) is 0 Å². The maximum atomic E-state index is 9.55. The Kier molecular flexibility index (Phi) is 6.56. The number of rotatable bonds is 4. The molecule has 0 aliphatic heterocycles. The van der Waals surface area contributed by atoms with E-state index in [4.69, 9.17) is 0 Å². The van der Waals surface area contributed by atoms with E-state index in [1.54, 1.807) is 24.1 Å². The summed E-state index contributed by atoms with van der Waals surface area (Å²) in [5, 5.41) is 0. The molecule has 0 aliphatic carbocycles. The third-order valence-electron chi connectivity index (χ3n) is 0.604. The Balaban J connectivity index is 2.91. The summed E-state index contributed by atoms with van der Waals surface area (Å²) in [4.78, 5) is 9.55. The van der Waals surface area contributed by atoms with Gasteiger partial charge in [-0.1, -0.05) is 13.0 Å². The SMILES string of the molecule is CCSCC=C[C]=O.